The van der Waals surface area contributed by atoms with Gasteiger partial charge in [0.05, 0.1) is 18.4 Å². The monoisotopic (exact) mass is 289 g/mol. The van der Waals surface area contributed by atoms with Gasteiger partial charge in [-0.1, -0.05) is 0 Å². The number of aryl methyl sites for hydroxylation is 2. The average Bonchev–Trinajstić information content (AvgIpc) is 2.88. The van der Waals surface area contributed by atoms with E-state index in [-0.39, 0.29) is 5.56 Å². The first-order valence-corrected chi connectivity index (χ1v) is 6.97. The number of hydrogen-bond donors (Lipinski definition) is 0. The van der Waals surface area contributed by atoms with Crippen LogP contribution in [0.1, 0.15) is 5.82 Å². The molecule has 0 saturated carbocycles. The lowest BCUT2D eigenvalue weighted by atomic mass is 10.3. The fourth-order valence-corrected chi connectivity index (χ4v) is 2.46. The van der Waals surface area contributed by atoms with E-state index < -0.39 is 0 Å². The molecule has 3 heterocycles. The van der Waals surface area contributed by atoms with E-state index in [0.29, 0.717) is 0 Å². The smallest absolute Gasteiger partial charge is 0.268 e. The maximum Gasteiger partial charge on any atom is 0.268 e. The third kappa shape index (κ3) is 2.94. The van der Waals surface area contributed by atoms with Crippen LogP contribution in [0.2, 0.25) is 0 Å². The Morgan fingerprint density at radius 2 is 1.86 bits per heavy atom. The molecule has 2 aromatic heterocycles. The summed E-state index contributed by atoms with van der Waals surface area (Å²) in [6.45, 7) is 4.43. The molecule has 0 atom stereocenters. The van der Waals surface area contributed by atoms with Gasteiger partial charge in [-0.2, -0.15) is 10.2 Å². The molecular weight excluding hydrogens is 270 g/mol. The summed E-state index contributed by atoms with van der Waals surface area (Å²) in [6, 6.07) is 1.64. The lowest BCUT2D eigenvalue weighted by molar-refractivity contribution is 0.240. The Morgan fingerprint density at radius 1 is 1.10 bits per heavy atom. The third-order valence-corrected chi connectivity index (χ3v) is 3.86. The number of nitrogens with zero attached hydrogens (tertiary/aromatic N) is 7. The first-order valence-electron chi connectivity index (χ1n) is 6.97. The molecule has 1 aliphatic heterocycles. The topological polar surface area (TPSA) is 72.1 Å². The van der Waals surface area contributed by atoms with E-state index >= 15 is 0 Å². The van der Waals surface area contributed by atoms with Crippen LogP contribution in [0.3, 0.4) is 0 Å². The normalized spacial score (nSPS) is 16.4. The van der Waals surface area contributed by atoms with Gasteiger partial charge in [0.25, 0.3) is 5.56 Å². The number of rotatable bonds is 3. The maximum absolute atomic E-state index is 11.6. The summed E-state index contributed by atoms with van der Waals surface area (Å²) in [7, 11) is 3.56. The van der Waals surface area contributed by atoms with Crippen LogP contribution in [0, 0.1) is 0 Å². The Hall–Kier alpha value is -2.22. The molecule has 0 spiro atoms. The summed E-state index contributed by atoms with van der Waals surface area (Å²) < 4.78 is 3.14. The summed E-state index contributed by atoms with van der Waals surface area (Å²) in [4.78, 5) is 20.4. The Balaban J connectivity index is 1.61. The molecular formula is C13H19N7O. The minimum Gasteiger partial charge on any atom is -0.368 e. The molecule has 0 amide bonds. The quantitative estimate of drug-likeness (QED) is 0.739. The van der Waals surface area contributed by atoms with Gasteiger partial charge in [0.1, 0.15) is 12.2 Å². The van der Waals surface area contributed by atoms with Crippen LogP contribution in [-0.4, -0.2) is 55.6 Å². The second-order valence-electron chi connectivity index (χ2n) is 5.24. The third-order valence-electron chi connectivity index (χ3n) is 3.86. The van der Waals surface area contributed by atoms with E-state index in [1.54, 1.807) is 30.3 Å². The second-order valence-corrected chi connectivity index (χ2v) is 5.24. The highest BCUT2D eigenvalue weighted by molar-refractivity contribution is 5.43. The number of piperazine rings is 1. The largest absolute Gasteiger partial charge is 0.368 e. The predicted molar refractivity (Wildman–Crippen MR) is 78.0 cm³/mol. The maximum atomic E-state index is 11.6. The number of aromatic nitrogens is 5. The molecule has 0 radical (unpaired) electrons. The van der Waals surface area contributed by atoms with Crippen LogP contribution in [0.15, 0.2) is 23.4 Å². The Kier molecular flexibility index (Phi) is 3.70. The minimum absolute atomic E-state index is 0.0750. The second kappa shape index (κ2) is 5.65. The lowest BCUT2D eigenvalue weighted by Gasteiger charge is -2.35. The summed E-state index contributed by atoms with van der Waals surface area (Å²) in [5.74, 6) is 0.971. The van der Waals surface area contributed by atoms with Gasteiger partial charge < -0.3 is 4.90 Å². The van der Waals surface area contributed by atoms with Gasteiger partial charge in [-0.3, -0.25) is 14.4 Å². The summed E-state index contributed by atoms with van der Waals surface area (Å²) in [5, 5.41) is 8.16. The van der Waals surface area contributed by atoms with Crippen LogP contribution in [0.4, 0.5) is 5.69 Å². The SMILES string of the molecule is Cn1ncnc1CN1CCN(c2cnn(C)c(=O)c2)CC1. The first kappa shape index (κ1) is 13.7. The molecule has 8 heteroatoms. The molecule has 0 N–H and O–H groups in total. The van der Waals surface area contributed by atoms with Gasteiger partial charge in [0.15, 0.2) is 0 Å². The number of anilines is 1. The van der Waals surface area contributed by atoms with Crippen molar-refractivity contribution in [2.24, 2.45) is 14.1 Å². The number of hydrogen-bond acceptors (Lipinski definition) is 6. The molecule has 21 heavy (non-hydrogen) atoms. The molecule has 1 saturated heterocycles. The van der Waals surface area contributed by atoms with Crippen molar-refractivity contribution >= 4 is 5.69 Å². The van der Waals surface area contributed by atoms with Crippen LogP contribution < -0.4 is 10.5 Å². The highest BCUT2D eigenvalue weighted by Crippen LogP contribution is 2.13. The van der Waals surface area contributed by atoms with Crippen molar-refractivity contribution in [2.75, 3.05) is 31.1 Å². The van der Waals surface area contributed by atoms with Gasteiger partial charge in [-0.25, -0.2) is 9.67 Å². The van der Waals surface area contributed by atoms with Crippen LogP contribution >= 0.6 is 0 Å². The molecule has 8 nitrogen and oxygen atoms in total. The van der Waals surface area contributed by atoms with Crippen molar-refractivity contribution in [2.45, 2.75) is 6.54 Å². The van der Waals surface area contributed by atoms with Crippen molar-refractivity contribution in [3.8, 4) is 0 Å². The van der Waals surface area contributed by atoms with E-state index in [2.05, 4.69) is 25.0 Å². The molecule has 1 fully saturated rings. The van der Waals surface area contributed by atoms with Gasteiger partial charge in [0.2, 0.25) is 0 Å². The molecule has 0 bridgehead atoms. The van der Waals surface area contributed by atoms with Gasteiger partial charge in [-0.05, 0) is 0 Å². The lowest BCUT2D eigenvalue weighted by Crippen LogP contribution is -2.46. The fraction of sp³-hybridized carbons (Fsp3) is 0.538. The Bertz CT molecular complexity index is 669. The van der Waals surface area contributed by atoms with Gasteiger partial charge in [-0.15, -0.1) is 0 Å². The molecule has 0 aromatic carbocycles. The highest BCUT2D eigenvalue weighted by Gasteiger charge is 2.19. The molecule has 3 rings (SSSR count). The predicted octanol–water partition coefficient (Wildman–Crippen LogP) is -0.769. The van der Waals surface area contributed by atoms with Crippen molar-refractivity contribution in [1.82, 2.24) is 29.4 Å². The summed E-state index contributed by atoms with van der Waals surface area (Å²) in [5.41, 5.74) is 0.824. The summed E-state index contributed by atoms with van der Waals surface area (Å²) >= 11 is 0. The molecule has 2 aromatic rings. The van der Waals surface area contributed by atoms with Crippen LogP contribution in [-0.2, 0) is 20.6 Å². The highest BCUT2D eigenvalue weighted by atomic mass is 16.1. The van der Waals surface area contributed by atoms with Crippen LogP contribution in [0.5, 0.6) is 0 Å². The molecule has 112 valence electrons. The summed E-state index contributed by atoms with van der Waals surface area (Å²) in [6.07, 6.45) is 3.33. The molecule has 0 unspecified atom stereocenters. The first-order chi connectivity index (χ1) is 10.1. The van der Waals surface area contributed by atoms with Gasteiger partial charge in [0, 0.05) is 46.3 Å². The van der Waals surface area contributed by atoms with E-state index in [4.69, 9.17) is 0 Å². The van der Waals surface area contributed by atoms with Crippen molar-refractivity contribution in [1.29, 1.82) is 0 Å². The van der Waals surface area contributed by atoms with Crippen molar-refractivity contribution < 1.29 is 0 Å². The zero-order valence-corrected chi connectivity index (χ0v) is 12.3. The van der Waals surface area contributed by atoms with E-state index in [9.17, 15) is 4.79 Å². The van der Waals surface area contributed by atoms with Crippen molar-refractivity contribution in [3.05, 3.63) is 34.8 Å². The Labute approximate surface area is 122 Å². The zero-order valence-electron chi connectivity index (χ0n) is 12.3. The van der Waals surface area contributed by atoms with Gasteiger partial charge >= 0.3 is 0 Å². The molecule has 1 aliphatic rings. The van der Waals surface area contributed by atoms with Crippen molar-refractivity contribution in [3.63, 3.8) is 0 Å². The van der Waals surface area contributed by atoms with E-state index in [1.807, 2.05) is 7.05 Å². The fourth-order valence-electron chi connectivity index (χ4n) is 2.46. The van der Waals surface area contributed by atoms with E-state index in [1.165, 1.54) is 4.68 Å². The average molecular weight is 289 g/mol. The standard InChI is InChI=1S/C13H19N7O/c1-17-12(14-10-16-17)9-19-3-5-20(6-4-19)11-7-13(21)18(2)15-8-11/h7-8,10H,3-6,9H2,1-2H3. The minimum atomic E-state index is -0.0750. The van der Waals surface area contributed by atoms with E-state index in [0.717, 1.165) is 44.2 Å². The Morgan fingerprint density at radius 3 is 2.48 bits per heavy atom. The van der Waals surface area contributed by atoms with Crippen LogP contribution in [0.25, 0.3) is 0 Å². The molecule has 0 aliphatic carbocycles. The zero-order chi connectivity index (χ0) is 14.8.